The lowest BCUT2D eigenvalue weighted by atomic mass is 9.92. The Kier molecular flexibility index (Phi) is 8.26. The summed E-state index contributed by atoms with van der Waals surface area (Å²) in [5.74, 6) is -0.283. The summed E-state index contributed by atoms with van der Waals surface area (Å²) in [6.07, 6.45) is -4.36. The number of fused-ring (bicyclic) bond motifs is 1. The molecule has 0 aromatic carbocycles. The molecule has 0 spiro atoms. The van der Waals surface area contributed by atoms with Crippen molar-refractivity contribution in [2.24, 2.45) is 0 Å². The molecule has 196 valence electrons. The van der Waals surface area contributed by atoms with Gasteiger partial charge in [-0.25, -0.2) is 4.98 Å². The molecule has 3 aliphatic rings. The van der Waals surface area contributed by atoms with Crippen LogP contribution in [-0.2, 0) is 13.8 Å². The molecule has 0 aromatic rings. The molecule has 0 aromatic heterocycles. The van der Waals surface area contributed by atoms with Gasteiger partial charge in [0, 0.05) is 23.1 Å². The molecule has 0 amide bonds. The minimum Gasteiger partial charge on any atom is -0.388 e. The Labute approximate surface area is 209 Å². The van der Waals surface area contributed by atoms with Crippen LogP contribution in [0.3, 0.4) is 0 Å². The smallest absolute Gasteiger partial charge is 0.359 e. The van der Waals surface area contributed by atoms with Gasteiger partial charge in [0.1, 0.15) is 28.8 Å². The van der Waals surface area contributed by atoms with E-state index in [1.807, 2.05) is 0 Å². The van der Waals surface area contributed by atoms with Crippen LogP contribution in [0.15, 0.2) is 12.1 Å². The number of aliphatic hydroxyl groups excluding tert-OH is 2. The molecule has 1 fully saturated rings. The largest absolute Gasteiger partial charge is 0.388 e. The van der Waals surface area contributed by atoms with Crippen molar-refractivity contribution in [3.63, 3.8) is 0 Å². The molecule has 6 atom stereocenters. The van der Waals surface area contributed by atoms with Gasteiger partial charge in [-0.3, -0.25) is 4.57 Å². The standard InChI is InChI=1S/C23H34FN2O7PS/c1-6-22(5,33-34(30,31)23(29,7-2)8-3)11-15-16(27)17(28)18(32-15)14-10-13-9-12(4)19(24)25-20(13)26-21(14)35/h9-10,15-18,27-29H,6-8,11H2,1-5H3,(H,30,31)(H,25,26,35)/t15-,16?,17+,18+,22?/m1/s1. The molecule has 3 unspecified atom stereocenters. The molecule has 9 nitrogen and oxygen atoms in total. The van der Waals surface area contributed by atoms with E-state index in [0.717, 1.165) is 0 Å². The van der Waals surface area contributed by atoms with Gasteiger partial charge in [0.25, 0.3) is 0 Å². The number of ether oxygens (including phenoxy) is 1. The number of hydrogen-bond acceptors (Lipinski definition) is 8. The van der Waals surface area contributed by atoms with Crippen LogP contribution in [0.25, 0.3) is 11.4 Å². The van der Waals surface area contributed by atoms with Gasteiger partial charge >= 0.3 is 7.60 Å². The molecule has 35 heavy (non-hydrogen) atoms. The Hall–Kier alpha value is -1.30. The number of aryl methyl sites for hydroxylation is 1. The second-order valence-corrected chi connectivity index (χ2v) is 11.9. The first-order valence-electron chi connectivity index (χ1n) is 11.7. The highest BCUT2D eigenvalue weighted by atomic mass is 32.1. The van der Waals surface area contributed by atoms with Gasteiger partial charge in [-0.05, 0) is 45.2 Å². The lowest BCUT2D eigenvalue weighted by molar-refractivity contribution is -0.0544. The lowest BCUT2D eigenvalue weighted by Gasteiger charge is -2.38. The summed E-state index contributed by atoms with van der Waals surface area (Å²) in [7, 11) is -4.47. The maximum absolute atomic E-state index is 13.9. The zero-order chi connectivity index (χ0) is 26.3. The average molecular weight is 533 g/mol. The third kappa shape index (κ3) is 5.38. The van der Waals surface area contributed by atoms with Crippen molar-refractivity contribution in [1.29, 1.82) is 0 Å². The second kappa shape index (κ2) is 10.2. The quantitative estimate of drug-likeness (QED) is 0.183. The number of rotatable bonds is 9. The van der Waals surface area contributed by atoms with Crippen LogP contribution >= 0.6 is 19.8 Å². The molecule has 5 N–H and O–H groups in total. The van der Waals surface area contributed by atoms with E-state index in [-0.39, 0.29) is 36.1 Å². The number of nitrogens with zero attached hydrogens (tertiary/aromatic N) is 1. The SMILES string of the molecule is CCC(C)(C[C@H]1O[C@@H](c2cc3cc(C)c(F)[nH]c-3nc2=S)[C@@H](O)C1O)OP(=O)(O)C(O)(CC)CC. The predicted molar refractivity (Wildman–Crippen MR) is 130 cm³/mol. The van der Waals surface area contributed by atoms with E-state index >= 15 is 0 Å². The van der Waals surface area contributed by atoms with E-state index in [4.69, 9.17) is 21.5 Å². The molecule has 1 saturated heterocycles. The summed E-state index contributed by atoms with van der Waals surface area (Å²) in [5, 5.41) is 30.3. The fourth-order valence-corrected chi connectivity index (χ4v) is 6.36. The van der Waals surface area contributed by atoms with Crippen LogP contribution < -0.4 is 0 Å². The van der Waals surface area contributed by atoms with E-state index in [9.17, 15) is 29.2 Å². The van der Waals surface area contributed by atoms with E-state index in [2.05, 4.69) is 9.97 Å². The number of aromatic amines is 1. The van der Waals surface area contributed by atoms with E-state index in [1.165, 1.54) is 0 Å². The van der Waals surface area contributed by atoms with Gasteiger partial charge in [-0.2, -0.15) is 4.39 Å². The van der Waals surface area contributed by atoms with Gasteiger partial charge in [-0.15, -0.1) is 0 Å². The highest BCUT2D eigenvalue weighted by Gasteiger charge is 2.51. The third-order valence-corrected chi connectivity index (χ3v) is 9.74. The zero-order valence-corrected chi connectivity index (χ0v) is 22.2. The van der Waals surface area contributed by atoms with Crippen molar-refractivity contribution >= 4 is 19.8 Å². The van der Waals surface area contributed by atoms with Crippen LogP contribution in [0.2, 0.25) is 0 Å². The molecule has 0 saturated carbocycles. The monoisotopic (exact) mass is 532 g/mol. The topological polar surface area (TPSA) is 145 Å². The summed E-state index contributed by atoms with van der Waals surface area (Å²) in [6, 6.07) is 3.22. The number of aromatic nitrogens is 2. The molecular formula is C23H34FN2O7PS. The lowest BCUT2D eigenvalue weighted by Crippen LogP contribution is -2.40. The Bertz CT molecular complexity index is 1140. The van der Waals surface area contributed by atoms with Crippen LogP contribution in [0.5, 0.6) is 0 Å². The first-order valence-corrected chi connectivity index (χ1v) is 13.7. The predicted octanol–water partition coefficient (Wildman–Crippen LogP) is 4.12. The number of halogens is 1. The number of aliphatic hydroxyl groups is 3. The van der Waals surface area contributed by atoms with Crippen molar-refractivity contribution in [2.75, 3.05) is 0 Å². The zero-order valence-electron chi connectivity index (χ0n) is 20.5. The molecule has 3 heterocycles. The van der Waals surface area contributed by atoms with E-state index < -0.39 is 48.9 Å². The molecule has 3 rings (SSSR count). The van der Waals surface area contributed by atoms with Gasteiger partial charge < -0.3 is 34.5 Å². The summed E-state index contributed by atoms with van der Waals surface area (Å²) < 4.78 is 38.6. The van der Waals surface area contributed by atoms with Crippen LogP contribution in [0.4, 0.5) is 4.39 Å². The average Bonchev–Trinajstić information content (AvgIpc) is 3.06. The van der Waals surface area contributed by atoms with Gasteiger partial charge in [0.15, 0.2) is 11.3 Å². The summed E-state index contributed by atoms with van der Waals surface area (Å²) in [4.78, 5) is 17.3. The van der Waals surface area contributed by atoms with Gasteiger partial charge in [-0.1, -0.05) is 33.0 Å². The Morgan fingerprint density at radius 3 is 2.43 bits per heavy atom. The number of hydrogen-bond donors (Lipinski definition) is 5. The summed E-state index contributed by atoms with van der Waals surface area (Å²) in [6.45, 7) is 8.14. The Morgan fingerprint density at radius 2 is 1.86 bits per heavy atom. The van der Waals surface area contributed by atoms with E-state index in [0.29, 0.717) is 16.7 Å². The van der Waals surface area contributed by atoms with Gasteiger partial charge in [0.05, 0.1) is 11.7 Å². The Morgan fingerprint density at radius 1 is 1.23 bits per heavy atom. The molecule has 12 heteroatoms. The minimum absolute atomic E-state index is 0.0256. The normalized spacial score (nSPS) is 26.6. The van der Waals surface area contributed by atoms with E-state index in [1.54, 1.807) is 46.8 Å². The minimum atomic E-state index is -4.47. The third-order valence-electron chi connectivity index (χ3n) is 7.04. The second-order valence-electron chi connectivity index (χ2n) is 9.47. The molecule has 0 bridgehead atoms. The molecule has 3 aliphatic heterocycles. The molecule has 0 aliphatic carbocycles. The molecular weight excluding hydrogens is 498 g/mol. The van der Waals surface area contributed by atoms with Gasteiger partial charge in [0.2, 0.25) is 0 Å². The molecule has 0 radical (unpaired) electrons. The fourth-order valence-electron chi connectivity index (χ4n) is 4.32. The highest BCUT2D eigenvalue weighted by Crippen LogP contribution is 2.60. The van der Waals surface area contributed by atoms with Crippen molar-refractivity contribution in [2.45, 2.75) is 95.7 Å². The van der Waals surface area contributed by atoms with Crippen molar-refractivity contribution in [3.05, 3.63) is 33.8 Å². The first kappa shape index (κ1) is 28.3. The Balaban J connectivity index is 1.88. The first-order chi connectivity index (χ1) is 16.2. The number of nitrogens with one attached hydrogen (secondary N) is 1. The summed E-state index contributed by atoms with van der Waals surface area (Å²) >= 11 is 5.35. The number of pyridine rings is 2. The van der Waals surface area contributed by atoms with Crippen LogP contribution in [0.1, 0.15) is 70.6 Å². The van der Waals surface area contributed by atoms with Crippen LogP contribution in [0, 0.1) is 17.5 Å². The number of H-pyrrole nitrogens is 1. The van der Waals surface area contributed by atoms with Crippen LogP contribution in [-0.4, -0.2) is 59.4 Å². The highest BCUT2D eigenvalue weighted by molar-refractivity contribution is 7.71. The fraction of sp³-hybridized carbons (Fsp3) is 0.652. The van der Waals surface area contributed by atoms with Crippen molar-refractivity contribution < 1.29 is 38.4 Å². The van der Waals surface area contributed by atoms with Crippen molar-refractivity contribution in [1.82, 2.24) is 9.97 Å². The summed E-state index contributed by atoms with van der Waals surface area (Å²) in [5.41, 5.74) is 0.0451. The maximum atomic E-state index is 13.9. The van der Waals surface area contributed by atoms with Crippen molar-refractivity contribution in [3.8, 4) is 11.4 Å². The maximum Gasteiger partial charge on any atom is 0.359 e.